The van der Waals surface area contributed by atoms with Crippen LogP contribution in [0.3, 0.4) is 0 Å². The fourth-order valence-electron chi connectivity index (χ4n) is 3.48. The summed E-state index contributed by atoms with van der Waals surface area (Å²) in [6.07, 6.45) is 1.68. The van der Waals surface area contributed by atoms with Crippen LogP contribution in [0, 0.1) is 0 Å². The number of fused-ring (bicyclic) bond motifs is 1. The normalized spacial score (nSPS) is 19.2. The standard InChI is InChI=1S/C19H23NO3/c1-20(2)11-10-14-6-9-17(23-3)19(22)18(14)16(20)12-13-4-7-15(21)8-5-13/h4-9,16H,10-12H2,1-3H3,(H-,21,22). The van der Waals surface area contributed by atoms with Crippen LogP contribution in [-0.2, 0) is 12.8 Å². The van der Waals surface area contributed by atoms with Crippen LogP contribution in [-0.4, -0.2) is 37.3 Å². The lowest BCUT2D eigenvalue weighted by molar-refractivity contribution is -0.923. The second-order valence-electron chi connectivity index (χ2n) is 6.81. The van der Waals surface area contributed by atoms with Crippen LogP contribution in [0.5, 0.6) is 17.2 Å². The van der Waals surface area contributed by atoms with Gasteiger partial charge >= 0.3 is 0 Å². The lowest BCUT2D eigenvalue weighted by Crippen LogP contribution is -2.49. The highest BCUT2D eigenvalue weighted by molar-refractivity contribution is 5.51. The summed E-state index contributed by atoms with van der Waals surface area (Å²) in [5.74, 6) is 0.693. The summed E-state index contributed by atoms with van der Waals surface area (Å²) in [7, 11) is 5.89. The largest absolute Gasteiger partial charge is 0.870 e. The molecule has 1 heterocycles. The summed E-state index contributed by atoms with van der Waals surface area (Å²) in [5, 5.41) is 22.3. The van der Waals surface area contributed by atoms with Gasteiger partial charge in [-0.1, -0.05) is 23.9 Å². The molecule has 0 saturated heterocycles. The minimum atomic E-state index is 0.0136. The summed E-state index contributed by atoms with van der Waals surface area (Å²) in [5.41, 5.74) is 3.14. The highest BCUT2D eigenvalue weighted by Crippen LogP contribution is 2.43. The minimum absolute atomic E-state index is 0.0136. The topological polar surface area (TPSA) is 52.5 Å². The molecule has 4 nitrogen and oxygen atoms in total. The Bertz CT molecular complexity index is 707. The number of ether oxygens (including phenoxy) is 1. The van der Waals surface area contributed by atoms with E-state index < -0.39 is 0 Å². The molecule has 1 atom stereocenters. The van der Waals surface area contributed by atoms with Gasteiger partial charge in [-0.15, -0.1) is 0 Å². The molecular formula is C19H23NO3. The van der Waals surface area contributed by atoms with Crippen molar-refractivity contribution in [1.29, 1.82) is 0 Å². The van der Waals surface area contributed by atoms with Gasteiger partial charge in [0.15, 0.2) is 0 Å². The van der Waals surface area contributed by atoms with Crippen molar-refractivity contribution in [2.75, 3.05) is 27.7 Å². The van der Waals surface area contributed by atoms with Gasteiger partial charge in [-0.3, -0.25) is 0 Å². The van der Waals surface area contributed by atoms with E-state index in [2.05, 4.69) is 14.1 Å². The first-order valence-electron chi connectivity index (χ1n) is 7.90. The SMILES string of the molecule is COc1ccc2c(c1[O-])C(Cc1ccc(O)cc1)[N+](C)(C)CC2. The van der Waals surface area contributed by atoms with Crippen LogP contribution in [0.1, 0.15) is 22.7 Å². The zero-order valence-electron chi connectivity index (χ0n) is 13.9. The van der Waals surface area contributed by atoms with Crippen molar-refractivity contribution in [3.8, 4) is 17.2 Å². The number of phenols is 1. The number of likely N-dealkylation sites (N-methyl/N-ethyl adjacent to an activating group) is 1. The number of hydrogen-bond acceptors (Lipinski definition) is 3. The zero-order valence-corrected chi connectivity index (χ0v) is 13.9. The maximum atomic E-state index is 12.8. The molecule has 2 aromatic rings. The van der Waals surface area contributed by atoms with Crippen molar-refractivity contribution in [3.05, 3.63) is 53.1 Å². The van der Waals surface area contributed by atoms with E-state index in [0.29, 0.717) is 5.75 Å². The molecule has 122 valence electrons. The Hall–Kier alpha value is -2.20. The molecule has 0 aromatic heterocycles. The summed E-state index contributed by atoms with van der Waals surface area (Å²) in [6.45, 7) is 1.00. The molecule has 0 radical (unpaired) electrons. The fourth-order valence-corrected chi connectivity index (χ4v) is 3.48. The Morgan fingerprint density at radius 3 is 2.52 bits per heavy atom. The van der Waals surface area contributed by atoms with E-state index in [9.17, 15) is 10.2 Å². The molecule has 0 spiro atoms. The smallest absolute Gasteiger partial charge is 0.118 e. The van der Waals surface area contributed by atoms with Crippen LogP contribution in [0.25, 0.3) is 0 Å². The van der Waals surface area contributed by atoms with E-state index in [1.165, 1.54) is 0 Å². The van der Waals surface area contributed by atoms with Crippen molar-refractivity contribution in [2.24, 2.45) is 0 Å². The number of phenolic OH excluding ortho intramolecular Hbond substituents is 1. The molecule has 23 heavy (non-hydrogen) atoms. The van der Waals surface area contributed by atoms with Crippen molar-refractivity contribution in [1.82, 2.24) is 0 Å². The number of quaternary nitrogens is 1. The van der Waals surface area contributed by atoms with Crippen LogP contribution >= 0.6 is 0 Å². The Labute approximate surface area is 137 Å². The summed E-state index contributed by atoms with van der Waals surface area (Å²) in [4.78, 5) is 0. The van der Waals surface area contributed by atoms with E-state index >= 15 is 0 Å². The average Bonchev–Trinajstić information content (AvgIpc) is 2.52. The molecule has 0 amide bonds. The third-order valence-corrected chi connectivity index (χ3v) is 4.97. The second-order valence-corrected chi connectivity index (χ2v) is 6.81. The van der Waals surface area contributed by atoms with E-state index in [0.717, 1.165) is 40.6 Å². The lowest BCUT2D eigenvalue weighted by Gasteiger charge is -2.44. The molecular weight excluding hydrogens is 290 g/mol. The van der Waals surface area contributed by atoms with Crippen molar-refractivity contribution in [3.63, 3.8) is 0 Å². The average molecular weight is 313 g/mol. The number of benzene rings is 2. The summed E-state index contributed by atoms with van der Waals surface area (Å²) < 4.78 is 6.02. The first-order chi connectivity index (χ1) is 10.9. The zero-order chi connectivity index (χ0) is 16.6. The number of aromatic hydroxyl groups is 1. The van der Waals surface area contributed by atoms with Gasteiger partial charge in [0.2, 0.25) is 0 Å². The lowest BCUT2D eigenvalue weighted by atomic mass is 9.86. The molecule has 1 aliphatic rings. The maximum Gasteiger partial charge on any atom is 0.118 e. The predicted molar refractivity (Wildman–Crippen MR) is 87.7 cm³/mol. The fraction of sp³-hybridized carbons (Fsp3) is 0.368. The highest BCUT2D eigenvalue weighted by Gasteiger charge is 2.36. The quantitative estimate of drug-likeness (QED) is 0.885. The molecule has 1 aliphatic heterocycles. The van der Waals surface area contributed by atoms with Crippen molar-refractivity contribution < 1.29 is 19.4 Å². The van der Waals surface area contributed by atoms with Gasteiger partial charge in [-0.05, 0) is 29.3 Å². The van der Waals surface area contributed by atoms with E-state index in [1.54, 1.807) is 25.3 Å². The summed E-state index contributed by atoms with van der Waals surface area (Å²) >= 11 is 0. The molecule has 0 bridgehead atoms. The van der Waals surface area contributed by atoms with Gasteiger partial charge in [0.05, 0.1) is 27.7 Å². The van der Waals surface area contributed by atoms with Gasteiger partial charge < -0.3 is 19.4 Å². The summed E-state index contributed by atoms with van der Waals surface area (Å²) in [6, 6.07) is 11.1. The first-order valence-corrected chi connectivity index (χ1v) is 7.90. The Morgan fingerprint density at radius 2 is 1.87 bits per heavy atom. The molecule has 0 fully saturated rings. The monoisotopic (exact) mass is 313 g/mol. The molecule has 1 N–H and O–H groups in total. The van der Waals surface area contributed by atoms with Crippen LogP contribution in [0.2, 0.25) is 0 Å². The van der Waals surface area contributed by atoms with Gasteiger partial charge in [0.25, 0.3) is 0 Å². The van der Waals surface area contributed by atoms with Crippen molar-refractivity contribution in [2.45, 2.75) is 18.9 Å². The molecule has 2 aromatic carbocycles. The Balaban J connectivity index is 2.05. The van der Waals surface area contributed by atoms with Gasteiger partial charge in [0, 0.05) is 18.4 Å². The van der Waals surface area contributed by atoms with Crippen LogP contribution in [0.15, 0.2) is 36.4 Å². The Morgan fingerprint density at radius 1 is 1.17 bits per heavy atom. The van der Waals surface area contributed by atoms with Crippen LogP contribution < -0.4 is 9.84 Å². The molecule has 0 aliphatic carbocycles. The molecule has 3 rings (SSSR count). The van der Waals surface area contributed by atoms with Gasteiger partial charge in [-0.25, -0.2) is 0 Å². The third-order valence-electron chi connectivity index (χ3n) is 4.97. The van der Waals surface area contributed by atoms with E-state index in [1.807, 2.05) is 18.2 Å². The van der Waals surface area contributed by atoms with Crippen LogP contribution in [0.4, 0.5) is 0 Å². The minimum Gasteiger partial charge on any atom is -0.870 e. The van der Waals surface area contributed by atoms with E-state index in [4.69, 9.17) is 4.74 Å². The number of rotatable bonds is 3. The highest BCUT2D eigenvalue weighted by atomic mass is 16.5. The first kappa shape index (κ1) is 15.7. The van der Waals surface area contributed by atoms with E-state index in [-0.39, 0.29) is 17.5 Å². The van der Waals surface area contributed by atoms with Gasteiger partial charge in [-0.2, -0.15) is 0 Å². The number of hydrogen-bond donors (Lipinski definition) is 1. The van der Waals surface area contributed by atoms with Gasteiger partial charge in [0.1, 0.15) is 17.5 Å². The Kier molecular flexibility index (Phi) is 3.94. The molecule has 0 saturated carbocycles. The number of methoxy groups -OCH3 is 1. The molecule has 1 unspecified atom stereocenters. The maximum absolute atomic E-state index is 12.8. The number of nitrogens with zero attached hydrogens (tertiary/aromatic N) is 1. The van der Waals surface area contributed by atoms with Crippen molar-refractivity contribution >= 4 is 0 Å². The molecule has 4 heteroatoms. The third kappa shape index (κ3) is 2.86. The predicted octanol–water partition coefficient (Wildman–Crippen LogP) is 2.39. The second kappa shape index (κ2) is 5.78.